The molecule has 0 aromatic rings. The molecule has 9 heteroatoms. The number of halogens is 4. The first-order chi connectivity index (χ1) is 11.3. The molecule has 0 aromatic carbocycles. The predicted octanol–water partition coefficient (Wildman–Crippen LogP) is 1.70. The number of piperidine rings is 1. The van der Waals surface area contributed by atoms with Gasteiger partial charge < -0.3 is 16.0 Å². The minimum absolute atomic E-state index is 0. The van der Waals surface area contributed by atoms with Crippen LogP contribution in [0.5, 0.6) is 0 Å². The Balaban J connectivity index is 0.00000225. The van der Waals surface area contributed by atoms with Crippen LogP contribution in [0, 0.1) is 23.7 Å². The summed E-state index contributed by atoms with van der Waals surface area (Å²) in [6.45, 7) is 0.631. The standard InChI is InChI=1S/C16H24F3N3O2.ClH/c17-16(18,19)15(24)22-5-3-9(4-6-22)8-21-14(23)12-10-1-2-11(7-10)13(12)20;/h9-13H,1-8,20H2,(H,21,23);1H. The number of hydrogen-bond acceptors (Lipinski definition) is 3. The maximum atomic E-state index is 12.4. The summed E-state index contributed by atoms with van der Waals surface area (Å²) in [6, 6.07) is -0.0602. The fraction of sp³-hybridized carbons (Fsp3) is 0.875. The number of nitrogens with zero attached hydrogens (tertiary/aromatic N) is 1. The van der Waals surface area contributed by atoms with Gasteiger partial charge in [-0.3, -0.25) is 9.59 Å². The molecule has 2 aliphatic carbocycles. The van der Waals surface area contributed by atoms with Crippen molar-refractivity contribution in [3.63, 3.8) is 0 Å². The van der Waals surface area contributed by atoms with Crippen molar-refractivity contribution in [3.8, 4) is 0 Å². The maximum Gasteiger partial charge on any atom is 0.471 e. The number of amides is 2. The molecular weight excluding hydrogens is 359 g/mol. The van der Waals surface area contributed by atoms with Gasteiger partial charge in [-0.1, -0.05) is 0 Å². The first kappa shape index (κ1) is 20.3. The normalized spacial score (nSPS) is 32.4. The Labute approximate surface area is 151 Å². The zero-order valence-electron chi connectivity index (χ0n) is 13.9. The van der Waals surface area contributed by atoms with Crippen LogP contribution < -0.4 is 11.1 Å². The Morgan fingerprint density at radius 3 is 2.20 bits per heavy atom. The first-order valence-corrected chi connectivity index (χ1v) is 8.66. The Kier molecular flexibility index (Phi) is 6.25. The lowest BCUT2D eigenvalue weighted by molar-refractivity contribution is -0.186. The molecule has 2 amide bonds. The van der Waals surface area contributed by atoms with Gasteiger partial charge in [-0.15, -0.1) is 12.4 Å². The third kappa shape index (κ3) is 4.22. The van der Waals surface area contributed by atoms with E-state index in [4.69, 9.17) is 5.73 Å². The summed E-state index contributed by atoms with van der Waals surface area (Å²) in [7, 11) is 0. The van der Waals surface area contributed by atoms with Crippen molar-refractivity contribution in [2.75, 3.05) is 19.6 Å². The van der Waals surface area contributed by atoms with Crippen LogP contribution in [0.3, 0.4) is 0 Å². The zero-order valence-corrected chi connectivity index (χ0v) is 14.7. The molecule has 3 aliphatic rings. The Hall–Kier alpha value is -1.02. The number of carbonyl (C=O) groups excluding carboxylic acids is 2. The number of hydrogen-bond donors (Lipinski definition) is 2. The highest BCUT2D eigenvalue weighted by molar-refractivity contribution is 5.85. The largest absolute Gasteiger partial charge is 0.471 e. The number of fused-ring (bicyclic) bond motifs is 2. The summed E-state index contributed by atoms with van der Waals surface area (Å²) in [6.07, 6.45) is -0.637. The van der Waals surface area contributed by atoms with E-state index >= 15 is 0 Å². The minimum Gasteiger partial charge on any atom is -0.356 e. The van der Waals surface area contributed by atoms with Gasteiger partial charge in [0.1, 0.15) is 0 Å². The van der Waals surface area contributed by atoms with E-state index in [1.807, 2.05) is 0 Å². The fourth-order valence-corrected chi connectivity index (χ4v) is 4.61. The number of nitrogens with two attached hydrogens (primary N) is 1. The molecule has 3 N–H and O–H groups in total. The molecule has 3 fully saturated rings. The van der Waals surface area contributed by atoms with Crippen LogP contribution in [-0.4, -0.2) is 48.6 Å². The molecule has 0 spiro atoms. The third-order valence-corrected chi connectivity index (χ3v) is 5.99. The quantitative estimate of drug-likeness (QED) is 0.778. The molecule has 5 nitrogen and oxygen atoms in total. The van der Waals surface area contributed by atoms with Crippen molar-refractivity contribution < 1.29 is 22.8 Å². The fourth-order valence-electron chi connectivity index (χ4n) is 4.61. The summed E-state index contributed by atoms with van der Waals surface area (Å²) >= 11 is 0. The Bertz CT molecular complexity index is 507. The van der Waals surface area contributed by atoms with Crippen LogP contribution >= 0.6 is 12.4 Å². The average Bonchev–Trinajstić information content (AvgIpc) is 3.12. The van der Waals surface area contributed by atoms with Crippen LogP contribution in [0.1, 0.15) is 32.1 Å². The van der Waals surface area contributed by atoms with Gasteiger partial charge in [-0.05, 0) is 49.9 Å². The van der Waals surface area contributed by atoms with Crippen LogP contribution in [0.25, 0.3) is 0 Å². The van der Waals surface area contributed by atoms with E-state index in [9.17, 15) is 22.8 Å². The van der Waals surface area contributed by atoms with Crippen LogP contribution in [0.2, 0.25) is 0 Å². The van der Waals surface area contributed by atoms with E-state index in [2.05, 4.69) is 5.32 Å². The van der Waals surface area contributed by atoms with Gasteiger partial charge in [-0.2, -0.15) is 13.2 Å². The number of nitrogens with one attached hydrogen (secondary N) is 1. The van der Waals surface area contributed by atoms with E-state index in [0.29, 0.717) is 31.2 Å². The van der Waals surface area contributed by atoms with Crippen molar-refractivity contribution in [2.24, 2.45) is 29.4 Å². The van der Waals surface area contributed by atoms with E-state index < -0.39 is 12.1 Å². The van der Waals surface area contributed by atoms with Gasteiger partial charge in [0.2, 0.25) is 5.91 Å². The topological polar surface area (TPSA) is 75.4 Å². The highest BCUT2D eigenvalue weighted by atomic mass is 35.5. The van der Waals surface area contributed by atoms with Crippen LogP contribution in [0.15, 0.2) is 0 Å². The lowest BCUT2D eigenvalue weighted by Gasteiger charge is -2.33. The summed E-state index contributed by atoms with van der Waals surface area (Å²) in [5.41, 5.74) is 6.15. The lowest BCUT2D eigenvalue weighted by atomic mass is 9.84. The van der Waals surface area contributed by atoms with Crippen LogP contribution in [0.4, 0.5) is 13.2 Å². The highest BCUT2D eigenvalue weighted by Crippen LogP contribution is 2.47. The number of likely N-dealkylation sites (tertiary alicyclic amines) is 1. The smallest absolute Gasteiger partial charge is 0.356 e. The number of alkyl halides is 3. The summed E-state index contributed by atoms with van der Waals surface area (Å²) in [5.74, 6) is -0.934. The summed E-state index contributed by atoms with van der Waals surface area (Å²) < 4.78 is 37.2. The van der Waals surface area contributed by atoms with Gasteiger partial charge in [0.15, 0.2) is 0 Å². The summed E-state index contributed by atoms with van der Waals surface area (Å²) in [4.78, 5) is 24.4. The van der Waals surface area contributed by atoms with Crippen molar-refractivity contribution in [3.05, 3.63) is 0 Å². The zero-order chi connectivity index (χ0) is 17.5. The molecule has 1 saturated heterocycles. The second kappa shape index (κ2) is 7.70. The lowest BCUT2D eigenvalue weighted by Crippen LogP contribution is -2.48. The van der Waals surface area contributed by atoms with Crippen LogP contribution in [-0.2, 0) is 9.59 Å². The SMILES string of the molecule is Cl.NC1C2CCC(C2)C1C(=O)NCC1CCN(C(=O)C(F)(F)F)CC1. The Morgan fingerprint density at radius 1 is 1.08 bits per heavy atom. The van der Waals surface area contributed by atoms with Crippen molar-refractivity contribution in [1.29, 1.82) is 0 Å². The second-order valence-corrected chi connectivity index (χ2v) is 7.41. The highest BCUT2D eigenvalue weighted by Gasteiger charge is 2.49. The molecule has 1 heterocycles. The molecule has 144 valence electrons. The molecule has 0 radical (unpaired) electrons. The summed E-state index contributed by atoms with van der Waals surface area (Å²) in [5, 5.41) is 2.94. The average molecular weight is 384 g/mol. The second-order valence-electron chi connectivity index (χ2n) is 7.41. The first-order valence-electron chi connectivity index (χ1n) is 8.66. The predicted molar refractivity (Wildman–Crippen MR) is 87.9 cm³/mol. The molecule has 25 heavy (non-hydrogen) atoms. The van der Waals surface area contributed by atoms with E-state index in [-0.39, 0.29) is 49.3 Å². The van der Waals surface area contributed by atoms with E-state index in [1.165, 1.54) is 0 Å². The molecule has 0 aromatic heterocycles. The van der Waals surface area contributed by atoms with Crippen molar-refractivity contribution in [1.82, 2.24) is 10.2 Å². The van der Waals surface area contributed by atoms with Gasteiger partial charge >= 0.3 is 12.1 Å². The van der Waals surface area contributed by atoms with Crippen molar-refractivity contribution in [2.45, 2.75) is 44.3 Å². The van der Waals surface area contributed by atoms with E-state index in [0.717, 1.165) is 24.2 Å². The van der Waals surface area contributed by atoms with Gasteiger partial charge in [-0.25, -0.2) is 0 Å². The molecule has 2 bridgehead atoms. The van der Waals surface area contributed by atoms with Gasteiger partial charge in [0, 0.05) is 25.7 Å². The third-order valence-electron chi connectivity index (χ3n) is 5.99. The molecule has 4 unspecified atom stereocenters. The molecular formula is C16H25ClF3N3O2. The van der Waals surface area contributed by atoms with Gasteiger partial charge in [0.05, 0.1) is 5.92 Å². The monoisotopic (exact) mass is 383 g/mol. The van der Waals surface area contributed by atoms with Crippen molar-refractivity contribution >= 4 is 24.2 Å². The van der Waals surface area contributed by atoms with Gasteiger partial charge in [0.25, 0.3) is 0 Å². The molecule has 2 saturated carbocycles. The number of carbonyl (C=O) groups is 2. The maximum absolute atomic E-state index is 12.4. The Morgan fingerprint density at radius 2 is 1.68 bits per heavy atom. The molecule has 1 aliphatic heterocycles. The minimum atomic E-state index is -4.81. The molecule has 3 rings (SSSR count). The van der Waals surface area contributed by atoms with E-state index in [1.54, 1.807) is 0 Å². The number of rotatable bonds is 3. The molecule has 4 atom stereocenters.